The smallest absolute Gasteiger partial charge is 0.172 e. The fraction of sp³-hybridized carbons (Fsp3) is 0.545. The third-order valence-electron chi connectivity index (χ3n) is 1.97. The first kappa shape index (κ1) is 11.9. The van der Waals surface area contributed by atoms with Gasteiger partial charge >= 0.3 is 0 Å². The van der Waals surface area contributed by atoms with E-state index in [4.69, 9.17) is 9.15 Å². The Morgan fingerprint density at radius 1 is 1.53 bits per heavy atom. The van der Waals surface area contributed by atoms with E-state index in [1.54, 1.807) is 0 Å². The van der Waals surface area contributed by atoms with E-state index in [-0.39, 0.29) is 12.4 Å². The number of carbonyl (C=O) groups is 1. The second-order valence-corrected chi connectivity index (χ2v) is 3.66. The molecule has 1 aromatic heterocycles. The summed E-state index contributed by atoms with van der Waals surface area (Å²) in [4.78, 5) is 13.2. The average Bonchev–Trinajstić information content (AvgIpc) is 2.51. The van der Waals surface area contributed by atoms with E-state index in [9.17, 15) is 4.79 Å². The predicted octanol–water partition coefficient (Wildman–Crippen LogP) is 1.24. The van der Waals surface area contributed by atoms with Crippen molar-refractivity contribution in [1.82, 2.24) is 4.90 Å². The minimum atomic E-state index is 0.0725. The summed E-state index contributed by atoms with van der Waals surface area (Å²) in [5.41, 5.74) is 0. The van der Waals surface area contributed by atoms with Crippen LogP contribution in [0.3, 0.4) is 0 Å². The second-order valence-electron chi connectivity index (χ2n) is 3.66. The van der Waals surface area contributed by atoms with Gasteiger partial charge in [-0.25, -0.2) is 0 Å². The zero-order chi connectivity index (χ0) is 11.3. The molecule has 4 nitrogen and oxygen atoms in total. The van der Waals surface area contributed by atoms with Crippen molar-refractivity contribution < 1.29 is 13.9 Å². The van der Waals surface area contributed by atoms with Crippen LogP contribution < -0.4 is 0 Å². The lowest BCUT2D eigenvalue weighted by atomic mass is 10.3. The van der Waals surface area contributed by atoms with E-state index in [2.05, 4.69) is 0 Å². The molecule has 0 N–H and O–H groups in total. The van der Waals surface area contributed by atoms with Crippen molar-refractivity contribution in [1.29, 1.82) is 0 Å². The minimum absolute atomic E-state index is 0.0725. The number of methoxy groups -OCH3 is 1. The largest absolute Gasteiger partial charge is 0.465 e. The highest BCUT2D eigenvalue weighted by atomic mass is 16.5. The molecule has 0 aliphatic heterocycles. The third kappa shape index (κ3) is 4.27. The Morgan fingerprint density at radius 3 is 2.80 bits per heavy atom. The number of rotatable bonds is 6. The standard InChI is InChI=1S/C11H17NO3/c1-9-4-5-11(15-9)7-12(2)6-10(13)8-14-3/h4-5H,6-8H2,1-3H3. The van der Waals surface area contributed by atoms with Gasteiger partial charge in [0.05, 0.1) is 13.1 Å². The fourth-order valence-electron chi connectivity index (χ4n) is 1.40. The van der Waals surface area contributed by atoms with Crippen molar-refractivity contribution in [2.45, 2.75) is 13.5 Å². The topological polar surface area (TPSA) is 42.7 Å². The van der Waals surface area contributed by atoms with Gasteiger partial charge < -0.3 is 9.15 Å². The summed E-state index contributed by atoms with van der Waals surface area (Å²) >= 11 is 0. The number of nitrogens with zero attached hydrogens (tertiary/aromatic N) is 1. The normalized spacial score (nSPS) is 10.9. The Labute approximate surface area is 89.8 Å². The summed E-state index contributed by atoms with van der Waals surface area (Å²) in [5.74, 6) is 1.84. The van der Waals surface area contributed by atoms with Crippen molar-refractivity contribution in [2.75, 3.05) is 27.3 Å². The number of Topliss-reactive ketones (excluding diaryl/α,β-unsaturated/α-hetero) is 1. The third-order valence-corrected chi connectivity index (χ3v) is 1.97. The molecule has 0 saturated heterocycles. The number of hydrogen-bond acceptors (Lipinski definition) is 4. The summed E-state index contributed by atoms with van der Waals surface area (Å²) in [6.45, 7) is 3.10. The zero-order valence-corrected chi connectivity index (χ0v) is 9.45. The zero-order valence-electron chi connectivity index (χ0n) is 9.45. The second kappa shape index (κ2) is 5.68. The van der Waals surface area contributed by atoms with Gasteiger partial charge in [0.15, 0.2) is 5.78 Å². The van der Waals surface area contributed by atoms with Crippen LogP contribution in [0.25, 0.3) is 0 Å². The number of ketones is 1. The van der Waals surface area contributed by atoms with Gasteiger partial charge in [0.2, 0.25) is 0 Å². The molecule has 1 aromatic rings. The van der Waals surface area contributed by atoms with Gasteiger partial charge in [-0.2, -0.15) is 0 Å². The predicted molar refractivity (Wildman–Crippen MR) is 56.7 cm³/mol. The Kier molecular flexibility index (Phi) is 4.52. The molecule has 0 aliphatic carbocycles. The van der Waals surface area contributed by atoms with Crippen molar-refractivity contribution >= 4 is 5.78 Å². The fourth-order valence-corrected chi connectivity index (χ4v) is 1.40. The lowest BCUT2D eigenvalue weighted by Crippen LogP contribution is -2.27. The molecule has 0 fully saturated rings. The molecule has 0 atom stereocenters. The number of likely N-dealkylation sites (N-methyl/N-ethyl adjacent to an activating group) is 1. The maximum atomic E-state index is 11.3. The molecule has 0 unspecified atom stereocenters. The number of hydrogen-bond donors (Lipinski definition) is 0. The number of carbonyl (C=O) groups excluding carboxylic acids is 1. The molecule has 1 heterocycles. The molecule has 0 aromatic carbocycles. The van der Waals surface area contributed by atoms with Crippen LogP contribution >= 0.6 is 0 Å². The molecule has 1 rings (SSSR count). The van der Waals surface area contributed by atoms with Crippen LogP contribution in [-0.4, -0.2) is 38.0 Å². The van der Waals surface area contributed by atoms with E-state index >= 15 is 0 Å². The maximum absolute atomic E-state index is 11.3. The summed E-state index contributed by atoms with van der Waals surface area (Å²) in [7, 11) is 3.40. The van der Waals surface area contributed by atoms with Gasteiger partial charge in [-0.05, 0) is 26.1 Å². The average molecular weight is 211 g/mol. The summed E-state index contributed by atoms with van der Waals surface area (Å²) < 4.78 is 10.2. The van der Waals surface area contributed by atoms with Crippen LogP contribution in [0.4, 0.5) is 0 Å². The highest BCUT2D eigenvalue weighted by molar-refractivity contribution is 5.81. The van der Waals surface area contributed by atoms with Crippen LogP contribution in [0.1, 0.15) is 11.5 Å². The van der Waals surface area contributed by atoms with Gasteiger partial charge in [0, 0.05) is 7.11 Å². The van der Waals surface area contributed by atoms with Crippen LogP contribution in [0.2, 0.25) is 0 Å². The van der Waals surface area contributed by atoms with E-state index in [0.717, 1.165) is 11.5 Å². The van der Waals surface area contributed by atoms with Crippen LogP contribution in [-0.2, 0) is 16.1 Å². The van der Waals surface area contributed by atoms with Crippen LogP contribution in [0.5, 0.6) is 0 Å². The lowest BCUT2D eigenvalue weighted by Gasteiger charge is -2.13. The van der Waals surface area contributed by atoms with Gasteiger partial charge in [0.25, 0.3) is 0 Å². The van der Waals surface area contributed by atoms with Crippen molar-refractivity contribution in [2.24, 2.45) is 0 Å². The first-order valence-corrected chi connectivity index (χ1v) is 4.86. The molecule has 0 aliphatic rings. The molecule has 0 bridgehead atoms. The van der Waals surface area contributed by atoms with E-state index in [0.29, 0.717) is 13.1 Å². The Hall–Kier alpha value is -1.13. The van der Waals surface area contributed by atoms with Crippen molar-refractivity contribution in [3.8, 4) is 0 Å². The number of aryl methyl sites for hydroxylation is 1. The molecule has 0 spiro atoms. The molecule has 84 valence electrons. The van der Waals surface area contributed by atoms with Crippen LogP contribution in [0.15, 0.2) is 16.5 Å². The molecule has 0 amide bonds. The Morgan fingerprint density at radius 2 is 2.27 bits per heavy atom. The summed E-state index contributed by atoms with van der Waals surface area (Å²) in [6.07, 6.45) is 0. The molecular weight excluding hydrogens is 194 g/mol. The highest BCUT2D eigenvalue weighted by Gasteiger charge is 2.08. The quantitative estimate of drug-likeness (QED) is 0.710. The van der Waals surface area contributed by atoms with E-state index < -0.39 is 0 Å². The number of furan rings is 1. The first-order valence-electron chi connectivity index (χ1n) is 4.86. The Bertz CT molecular complexity index is 319. The summed E-state index contributed by atoms with van der Waals surface area (Å²) in [5, 5.41) is 0. The first-order chi connectivity index (χ1) is 7.11. The lowest BCUT2D eigenvalue weighted by molar-refractivity contribution is -0.123. The van der Waals surface area contributed by atoms with Crippen molar-refractivity contribution in [3.63, 3.8) is 0 Å². The molecular formula is C11H17NO3. The molecule has 0 radical (unpaired) electrons. The molecule has 15 heavy (non-hydrogen) atoms. The Balaban J connectivity index is 2.35. The molecule has 4 heteroatoms. The van der Waals surface area contributed by atoms with Gasteiger partial charge in [0.1, 0.15) is 18.1 Å². The van der Waals surface area contributed by atoms with Crippen LogP contribution in [0, 0.1) is 6.92 Å². The maximum Gasteiger partial charge on any atom is 0.172 e. The van der Waals surface area contributed by atoms with E-state index in [1.165, 1.54) is 7.11 Å². The van der Waals surface area contributed by atoms with E-state index in [1.807, 2.05) is 31.0 Å². The minimum Gasteiger partial charge on any atom is -0.465 e. The van der Waals surface area contributed by atoms with Gasteiger partial charge in [-0.1, -0.05) is 0 Å². The van der Waals surface area contributed by atoms with Gasteiger partial charge in [-0.3, -0.25) is 9.69 Å². The SMILES string of the molecule is COCC(=O)CN(C)Cc1ccc(C)o1. The molecule has 0 saturated carbocycles. The van der Waals surface area contributed by atoms with Gasteiger partial charge in [-0.15, -0.1) is 0 Å². The number of ether oxygens (including phenoxy) is 1. The van der Waals surface area contributed by atoms with Crippen molar-refractivity contribution in [3.05, 3.63) is 23.7 Å². The summed E-state index contributed by atoms with van der Waals surface area (Å²) in [6, 6.07) is 3.84. The monoisotopic (exact) mass is 211 g/mol. The highest BCUT2D eigenvalue weighted by Crippen LogP contribution is 2.08.